The van der Waals surface area contributed by atoms with Crippen LogP contribution < -0.4 is 5.73 Å². The summed E-state index contributed by atoms with van der Waals surface area (Å²) in [7, 11) is 4.83. The fourth-order valence-corrected chi connectivity index (χ4v) is 7.22. The van der Waals surface area contributed by atoms with E-state index in [4.69, 9.17) is 5.73 Å². The molecule has 5 rings (SSSR count). The van der Waals surface area contributed by atoms with Gasteiger partial charge in [0.1, 0.15) is 5.75 Å². The van der Waals surface area contributed by atoms with Crippen LogP contribution in [-0.2, 0) is 32.1 Å². The van der Waals surface area contributed by atoms with Crippen LogP contribution in [0.5, 0.6) is 5.75 Å². The summed E-state index contributed by atoms with van der Waals surface area (Å²) in [6.45, 7) is 4.37. The Morgan fingerprint density at radius 1 is 1.21 bits per heavy atom. The second kappa shape index (κ2) is 10.9. The summed E-state index contributed by atoms with van der Waals surface area (Å²) < 4.78 is 13.7. The zero-order valence-corrected chi connectivity index (χ0v) is 24.0. The molecule has 43 heavy (non-hydrogen) atoms. The summed E-state index contributed by atoms with van der Waals surface area (Å²) in [6.07, 6.45) is 2.98. The van der Waals surface area contributed by atoms with Crippen LogP contribution in [0.4, 0.5) is 4.39 Å². The number of carbonyl (C=O) groups is 5. The molecule has 0 bridgehead atoms. The van der Waals surface area contributed by atoms with Crippen molar-refractivity contribution in [1.82, 2.24) is 14.8 Å². The summed E-state index contributed by atoms with van der Waals surface area (Å²) in [5, 5.41) is 23.2. The molecule has 3 aliphatic carbocycles. The van der Waals surface area contributed by atoms with Crippen molar-refractivity contribution in [3.8, 4) is 16.9 Å². The molecule has 11 nitrogen and oxygen atoms in total. The zero-order valence-electron chi connectivity index (χ0n) is 24.0. The van der Waals surface area contributed by atoms with Crippen molar-refractivity contribution in [2.24, 2.45) is 29.4 Å². The van der Waals surface area contributed by atoms with Gasteiger partial charge in [0.25, 0.3) is 0 Å². The number of aromatic hydroxyl groups is 1. The number of hydrogen-bond acceptors (Lipinski definition) is 10. The second-order valence-electron chi connectivity index (χ2n) is 11.9. The van der Waals surface area contributed by atoms with Gasteiger partial charge in [-0.05, 0) is 69.2 Å². The van der Waals surface area contributed by atoms with Crippen LogP contribution in [0.1, 0.15) is 27.9 Å². The molecule has 12 heteroatoms. The maximum absolute atomic E-state index is 14.2. The first-order valence-corrected chi connectivity index (χ1v) is 13.9. The van der Waals surface area contributed by atoms with Crippen LogP contribution in [0.2, 0.25) is 0 Å². The van der Waals surface area contributed by atoms with Gasteiger partial charge in [0.05, 0.1) is 17.5 Å². The minimum atomic E-state index is -2.81. The van der Waals surface area contributed by atoms with Crippen LogP contribution >= 0.6 is 0 Å². The number of ketones is 4. The first-order chi connectivity index (χ1) is 20.2. The lowest BCUT2D eigenvalue weighted by molar-refractivity contribution is -0.181. The Morgan fingerprint density at radius 2 is 1.91 bits per heavy atom. The lowest BCUT2D eigenvalue weighted by Crippen LogP contribution is -2.74. The number of aromatic nitrogens is 1. The molecule has 1 aromatic carbocycles. The van der Waals surface area contributed by atoms with Gasteiger partial charge in [-0.15, -0.1) is 6.58 Å². The topological polar surface area (TPSA) is 171 Å². The number of aliphatic hydroxyl groups is 1. The average Bonchev–Trinajstić information content (AvgIpc) is 2.92. The Bertz CT molecular complexity index is 1570. The lowest BCUT2D eigenvalue weighted by Gasteiger charge is -2.52. The number of amides is 1. The highest BCUT2D eigenvalue weighted by Crippen LogP contribution is 2.52. The molecule has 2 fully saturated rings. The summed E-state index contributed by atoms with van der Waals surface area (Å²) in [6, 6.07) is 3.17. The van der Waals surface area contributed by atoms with Crippen LogP contribution in [0, 0.1) is 29.6 Å². The van der Waals surface area contributed by atoms with E-state index in [2.05, 4.69) is 11.6 Å². The number of carbonyl (C=O) groups excluding carboxylic acids is 5. The van der Waals surface area contributed by atoms with Crippen LogP contribution in [0.15, 0.2) is 37.1 Å². The summed E-state index contributed by atoms with van der Waals surface area (Å²) in [4.78, 5) is 74.3. The van der Waals surface area contributed by atoms with Gasteiger partial charge in [-0.2, -0.15) is 4.39 Å². The van der Waals surface area contributed by atoms with Gasteiger partial charge < -0.3 is 15.9 Å². The summed E-state index contributed by atoms with van der Waals surface area (Å²) >= 11 is 0. The number of benzene rings is 1. The standard InChI is InChI=1S/C31H33FN4O7/c1-5-8-36(4)13-16-10-17(14-6-7-20(32)34-12-14)18-9-15-11-19-24(35(2)3)27(39)23(30(33)42)29(41)31(19,43)28(40)21(15)26(38)22(18)25(16)37/h5-7,10,12,15,19,21,23-24,37,43H,1,8-9,11,13H2,2-4H3,(H2,33,42)/t15-,19-,21?,23?,24-,31-/m0/s1. The van der Waals surface area contributed by atoms with Crippen molar-refractivity contribution in [2.75, 3.05) is 27.7 Å². The number of pyridine rings is 1. The number of fused-ring (bicyclic) bond motifs is 3. The van der Waals surface area contributed by atoms with E-state index >= 15 is 0 Å². The van der Waals surface area contributed by atoms with Gasteiger partial charge in [0.2, 0.25) is 11.9 Å². The first-order valence-electron chi connectivity index (χ1n) is 13.9. The Morgan fingerprint density at radius 3 is 2.49 bits per heavy atom. The van der Waals surface area contributed by atoms with E-state index in [-0.39, 0.29) is 30.7 Å². The second-order valence-corrected chi connectivity index (χ2v) is 11.9. The van der Waals surface area contributed by atoms with Gasteiger partial charge in [0, 0.05) is 36.3 Å². The van der Waals surface area contributed by atoms with E-state index in [9.17, 15) is 38.6 Å². The van der Waals surface area contributed by atoms with E-state index in [0.717, 1.165) is 0 Å². The smallest absolute Gasteiger partial charge is 0.235 e. The number of phenolic OH excluding ortho intramolecular Hbond substituents is 1. The minimum Gasteiger partial charge on any atom is -0.507 e. The number of nitrogens with zero attached hydrogens (tertiary/aromatic N) is 3. The molecule has 2 saturated carbocycles. The van der Waals surface area contributed by atoms with E-state index in [1.807, 2.05) is 4.90 Å². The van der Waals surface area contributed by atoms with Gasteiger partial charge in [-0.1, -0.05) is 6.08 Å². The van der Waals surface area contributed by atoms with Crippen molar-refractivity contribution in [3.05, 3.63) is 59.7 Å². The van der Waals surface area contributed by atoms with Gasteiger partial charge >= 0.3 is 0 Å². The lowest BCUT2D eigenvalue weighted by atomic mass is 9.52. The molecule has 6 atom stereocenters. The number of primary amides is 1. The first kappa shape index (κ1) is 30.3. The molecular formula is C31H33FN4O7. The van der Waals surface area contributed by atoms with E-state index < -0.39 is 70.3 Å². The average molecular weight is 593 g/mol. The molecule has 1 heterocycles. The maximum atomic E-state index is 14.2. The third kappa shape index (κ3) is 4.60. The van der Waals surface area contributed by atoms with Gasteiger partial charge in [-0.25, -0.2) is 4.98 Å². The van der Waals surface area contributed by atoms with Crippen molar-refractivity contribution in [1.29, 1.82) is 0 Å². The third-order valence-electron chi connectivity index (χ3n) is 9.06. The largest absolute Gasteiger partial charge is 0.507 e. The number of phenols is 1. The van der Waals surface area contributed by atoms with Crippen molar-refractivity contribution in [2.45, 2.75) is 31.0 Å². The molecule has 2 unspecified atom stereocenters. The molecule has 1 aromatic heterocycles. The van der Waals surface area contributed by atoms with E-state index in [1.165, 1.54) is 37.3 Å². The molecule has 0 spiro atoms. The van der Waals surface area contributed by atoms with Gasteiger partial charge in [0.15, 0.2) is 34.7 Å². The monoisotopic (exact) mass is 592 g/mol. The predicted octanol–water partition coefficient (Wildman–Crippen LogP) is 0.686. The minimum absolute atomic E-state index is 0.0738. The normalized spacial score (nSPS) is 28.5. The maximum Gasteiger partial charge on any atom is 0.235 e. The quantitative estimate of drug-likeness (QED) is 0.236. The number of Topliss-reactive ketones (excluding diaryl/α,β-unsaturated/α-hetero) is 4. The number of rotatable bonds is 7. The Balaban J connectivity index is 1.69. The molecular weight excluding hydrogens is 559 g/mol. The molecule has 4 N–H and O–H groups in total. The summed E-state index contributed by atoms with van der Waals surface area (Å²) in [5.41, 5.74) is 4.20. The van der Waals surface area contributed by atoms with Crippen LogP contribution in [0.3, 0.4) is 0 Å². The van der Waals surface area contributed by atoms with Crippen LogP contribution in [-0.4, -0.2) is 93.4 Å². The fraction of sp³-hybridized carbons (Fsp3) is 0.419. The number of halogens is 1. The Labute approximate surface area is 247 Å². The van der Waals surface area contributed by atoms with Crippen LogP contribution in [0.25, 0.3) is 11.1 Å². The molecule has 226 valence electrons. The zero-order chi connectivity index (χ0) is 31.5. The highest BCUT2D eigenvalue weighted by molar-refractivity contribution is 6.32. The van der Waals surface area contributed by atoms with Crippen molar-refractivity contribution >= 4 is 29.0 Å². The fourth-order valence-electron chi connectivity index (χ4n) is 7.22. The van der Waals surface area contributed by atoms with Crippen molar-refractivity contribution in [3.63, 3.8) is 0 Å². The van der Waals surface area contributed by atoms with Crippen molar-refractivity contribution < 1.29 is 38.6 Å². The number of nitrogens with two attached hydrogens (primary N) is 1. The predicted molar refractivity (Wildman–Crippen MR) is 151 cm³/mol. The molecule has 1 amide bonds. The van der Waals surface area contributed by atoms with E-state index in [0.29, 0.717) is 28.8 Å². The molecule has 0 radical (unpaired) electrons. The number of hydrogen-bond donors (Lipinski definition) is 3. The highest BCUT2D eigenvalue weighted by Gasteiger charge is 2.69. The SMILES string of the molecule is C=CCN(C)Cc1cc(-c2ccc(F)nc2)c2c(c1O)C(=O)C1C(=O)[C@]3(O)C(=O)C(C(N)=O)C(=O)[C@@H](N(C)C)[C@@H]3C[C@@H]1C2. The Hall–Kier alpha value is -4.13. The third-order valence-corrected chi connectivity index (χ3v) is 9.06. The molecule has 3 aliphatic rings. The Kier molecular flexibility index (Phi) is 7.66. The van der Waals surface area contributed by atoms with Gasteiger partial charge in [-0.3, -0.25) is 33.8 Å². The number of likely N-dealkylation sites (N-methyl/N-ethyl adjacent to an activating group) is 2. The summed E-state index contributed by atoms with van der Waals surface area (Å²) in [5.74, 6) is -11.9. The molecule has 0 saturated heterocycles. The van der Waals surface area contributed by atoms with E-state index in [1.54, 1.807) is 19.2 Å². The molecule has 2 aromatic rings. The highest BCUT2D eigenvalue weighted by atomic mass is 19.1. The molecule has 0 aliphatic heterocycles.